The zero-order chi connectivity index (χ0) is 95.1. The molecule has 8 atom stereocenters. The van der Waals surface area contributed by atoms with Gasteiger partial charge < -0.3 is 55.1 Å². The summed E-state index contributed by atoms with van der Waals surface area (Å²) in [5, 5.41) is 12.7. The summed E-state index contributed by atoms with van der Waals surface area (Å²) in [5.41, 5.74) is 11.6. The molecule has 0 spiro atoms. The summed E-state index contributed by atoms with van der Waals surface area (Å²) in [5.74, 6) is 1.62. The maximum Gasteiger partial charge on any atom is 0.263 e. The van der Waals surface area contributed by atoms with Crippen LogP contribution in [0.4, 0.5) is 0 Å². The van der Waals surface area contributed by atoms with E-state index in [0.29, 0.717) is 23.5 Å². The molecule has 0 fully saturated rings. The molecule has 4 amide bonds. The number of nitrogens with zero attached hydrogens (tertiary/aromatic N) is 4. The van der Waals surface area contributed by atoms with E-state index in [2.05, 4.69) is 241 Å². The maximum atomic E-state index is 13.2. The molecule has 0 aliphatic rings. The van der Waals surface area contributed by atoms with Crippen molar-refractivity contribution in [3.05, 3.63) is 397 Å². The molecular formula is C115H151N8O8Y3-3. The Morgan fingerprint density at radius 2 is 0.552 bits per heavy atom. The summed E-state index contributed by atoms with van der Waals surface area (Å²) in [7, 11) is 0. The summed E-state index contributed by atoms with van der Waals surface area (Å²) < 4.78 is 23.5. The molecule has 16 nitrogen and oxygen atoms in total. The van der Waals surface area contributed by atoms with Crippen molar-refractivity contribution in [3.63, 3.8) is 0 Å². The first kappa shape index (κ1) is 125. The third-order valence-corrected chi connectivity index (χ3v) is 21.4. The Morgan fingerprint density at radius 1 is 0.291 bits per heavy atom. The van der Waals surface area contributed by atoms with Gasteiger partial charge in [-0.05, 0) is 206 Å². The molecule has 0 aliphatic carbocycles. The molecule has 19 heteroatoms. The molecule has 8 unspecified atom stereocenters. The van der Waals surface area contributed by atoms with Crippen molar-refractivity contribution in [2.45, 2.75) is 269 Å². The van der Waals surface area contributed by atoms with Crippen molar-refractivity contribution < 1.29 is 136 Å². The Morgan fingerprint density at radius 3 is 0.821 bits per heavy atom. The first-order valence-electron chi connectivity index (χ1n) is 45.8. The van der Waals surface area contributed by atoms with Crippen molar-refractivity contribution in [2.75, 3.05) is 0 Å². The van der Waals surface area contributed by atoms with E-state index >= 15 is 0 Å². The second-order valence-electron chi connectivity index (χ2n) is 33.4. The van der Waals surface area contributed by atoms with E-state index in [9.17, 15) is 19.2 Å². The summed E-state index contributed by atoms with van der Waals surface area (Å²) in [6, 6.07) is 96.1. The predicted molar refractivity (Wildman–Crippen MR) is 544 cm³/mol. The van der Waals surface area contributed by atoms with Crippen LogP contribution in [-0.2, 0) is 143 Å². The van der Waals surface area contributed by atoms with Gasteiger partial charge in [-0.3, -0.25) is 24.2 Å². The van der Waals surface area contributed by atoms with Gasteiger partial charge in [0.15, 0.2) is 22.4 Å². The maximum absolute atomic E-state index is 13.2. The minimum Gasteiger partial charge on any atom is -0.478 e. The van der Waals surface area contributed by atoms with Gasteiger partial charge in [0.2, 0.25) is 17.6 Å². The molecule has 0 saturated heterocycles. The van der Waals surface area contributed by atoms with Gasteiger partial charge in [0.1, 0.15) is 5.88 Å². The van der Waals surface area contributed by atoms with E-state index in [1.807, 2.05) is 172 Å². The molecule has 711 valence electrons. The molecule has 134 heavy (non-hydrogen) atoms. The van der Waals surface area contributed by atoms with Gasteiger partial charge in [-0.15, -0.1) is 6.07 Å². The summed E-state index contributed by atoms with van der Waals surface area (Å²) in [6.45, 7) is 48.7. The van der Waals surface area contributed by atoms with E-state index in [1.54, 1.807) is 104 Å². The normalized spacial score (nSPS) is 12.2. The second-order valence-corrected chi connectivity index (χ2v) is 33.4. The van der Waals surface area contributed by atoms with Crippen LogP contribution in [0, 0.1) is 55.5 Å². The van der Waals surface area contributed by atoms with Crippen molar-refractivity contribution in [3.8, 4) is 23.5 Å². The molecule has 0 saturated carbocycles. The molecule has 4 N–H and O–H groups in total. The quantitative estimate of drug-likeness (QED) is 0.0291. The van der Waals surface area contributed by atoms with Crippen LogP contribution in [0.1, 0.15) is 234 Å². The van der Waals surface area contributed by atoms with Crippen LogP contribution in [0.5, 0.6) is 23.5 Å². The SMILES string of the molecule is CC.CC.CC.CC.CC(NC(=O)C(C)(C)Oc1cc[c-]cn1)C(Cc1ccccc1)c1ccccc1.CC(NC(=O)C(C)(C)Oc1ccccn1)C(Cc1ccccc1)c1ccccc1.Cc1ccc(CC(c2cccc(C)c2)C(C)NC(=O)C(C)(C)Oc2ccc(C)cn2)cc1.Cc1ccc(CC(c2cccc(C)c2)C(C)NC(=O)C(C)(C)Oc2ccccn2)cc1.[CH3-].[CH3-].[Y].[Y].[Y]. The minimum atomic E-state index is -1.05. The predicted octanol–water partition coefficient (Wildman–Crippen LogP) is 25.4. The molecule has 12 aromatic rings. The first-order chi connectivity index (χ1) is 61.8. The van der Waals surface area contributed by atoms with Crippen LogP contribution in [0.3, 0.4) is 0 Å². The average Bonchev–Trinajstić information content (AvgIpc) is 0.759. The van der Waals surface area contributed by atoms with Gasteiger partial charge in [-0.25, -0.2) is 27.1 Å². The standard InChI is InChI=1S/C28H34N2O2.C27H32N2O2.C25H28N2O2.C25H27N2O2.4C2H6.2CH3.3Y/c1-19-10-13-23(14-11-19)17-25(24-9-7-8-20(2)16-24)22(4)30-27(31)28(5,6)32-26-15-12-21(3)18-29-26;1-19-12-14-22(15-13-19)18-24(23-10-8-9-20(2)17-23)21(3)29-26(30)27(4,5)31-25-11-6-7-16-28-25;2*1-19(27-24(28)25(2,3)29-23-16-10-11-17-26-23)22(21-14-8-5-9-15-21)18-20-12-6-4-7-13-20;4*1-2;;;;;/h7-16,18,22,25H,17H2,1-6H3,(H,30,31);6-17,21,24H,18H2,1-5H3,(H,29,30);4-17,19,22H,18H2,1-3H3,(H,27,28);4-10,12-17,19,22H,18H2,1-3H3,(H,27,28);4*1-2H3;2*1H3;;;/q;;;-1;;;;;2*-1;;;. The number of amides is 4. The number of ether oxygens (including phenoxy) is 4. The van der Waals surface area contributed by atoms with Crippen molar-refractivity contribution >= 4 is 23.6 Å². The van der Waals surface area contributed by atoms with Gasteiger partial charge in [0, 0.05) is 183 Å². The number of carbonyl (C=O) groups excluding carboxylic acids is 4. The van der Waals surface area contributed by atoms with E-state index in [-0.39, 0.29) is 184 Å². The van der Waals surface area contributed by atoms with E-state index in [0.717, 1.165) is 31.2 Å². The zero-order valence-corrected chi connectivity index (χ0v) is 93.6. The Balaban J connectivity index is 0.00000170. The fourth-order valence-electron chi connectivity index (χ4n) is 14.1. The van der Waals surface area contributed by atoms with Crippen LogP contribution < -0.4 is 40.2 Å². The third-order valence-electron chi connectivity index (χ3n) is 21.4. The van der Waals surface area contributed by atoms with Crippen molar-refractivity contribution in [1.29, 1.82) is 0 Å². The monoisotopic (exact) mass is 2040 g/mol. The van der Waals surface area contributed by atoms with Crippen LogP contribution in [0.2, 0.25) is 0 Å². The number of pyridine rings is 4. The number of hydrogen-bond acceptors (Lipinski definition) is 12. The van der Waals surface area contributed by atoms with E-state index in [4.69, 9.17) is 18.9 Å². The van der Waals surface area contributed by atoms with Crippen LogP contribution in [0.25, 0.3) is 0 Å². The summed E-state index contributed by atoms with van der Waals surface area (Å²) >= 11 is 0. The van der Waals surface area contributed by atoms with Crippen molar-refractivity contribution in [1.82, 2.24) is 41.2 Å². The molecule has 3 radical (unpaired) electrons. The van der Waals surface area contributed by atoms with Gasteiger partial charge in [0.25, 0.3) is 23.6 Å². The Hall–Kier alpha value is -9.25. The third kappa shape index (κ3) is 43.4. The van der Waals surface area contributed by atoms with Crippen LogP contribution in [-0.4, -0.2) is 90.1 Å². The summed E-state index contributed by atoms with van der Waals surface area (Å²) in [4.78, 5) is 69.0. The number of rotatable bonds is 32. The number of aryl methyl sites for hydroxylation is 5. The Labute approximate surface area is 882 Å². The van der Waals surface area contributed by atoms with Crippen LogP contribution in [0.15, 0.2) is 304 Å². The van der Waals surface area contributed by atoms with Gasteiger partial charge in [-0.2, -0.15) is 0 Å². The van der Waals surface area contributed by atoms with Crippen molar-refractivity contribution in [2.24, 2.45) is 0 Å². The molecule has 4 heterocycles. The van der Waals surface area contributed by atoms with Crippen LogP contribution >= 0.6 is 0 Å². The van der Waals surface area contributed by atoms with Gasteiger partial charge in [-0.1, -0.05) is 320 Å². The molecule has 12 rings (SSSR count). The zero-order valence-electron chi connectivity index (χ0n) is 85.1. The Bertz CT molecular complexity index is 4990. The van der Waals surface area contributed by atoms with E-state index < -0.39 is 22.4 Å². The number of carbonyl (C=O) groups is 4. The van der Waals surface area contributed by atoms with E-state index in [1.165, 1.54) is 73.0 Å². The Kier molecular flexibility index (Phi) is 61.0. The fraction of sp³-hybridized carbons (Fsp3) is 0.357. The molecule has 0 bridgehead atoms. The smallest absolute Gasteiger partial charge is 0.263 e. The minimum absolute atomic E-state index is 0. The molecular weight excluding hydrogens is 1890 g/mol. The van der Waals surface area contributed by atoms with Gasteiger partial charge >= 0.3 is 0 Å². The summed E-state index contributed by atoms with van der Waals surface area (Å²) in [6.07, 6.45) is 9.92. The number of aromatic nitrogens is 4. The van der Waals surface area contributed by atoms with Gasteiger partial charge in [0.05, 0.1) is 0 Å². The largest absolute Gasteiger partial charge is 0.478 e. The molecule has 0 aliphatic heterocycles. The fourth-order valence-corrected chi connectivity index (χ4v) is 14.1. The first-order valence-corrected chi connectivity index (χ1v) is 45.8. The average molecular weight is 2040 g/mol. The number of nitrogens with one attached hydrogen (secondary N) is 4. The second kappa shape index (κ2) is 65.5. The topological polar surface area (TPSA) is 205 Å². The molecule has 8 aromatic carbocycles. The molecule has 4 aromatic heterocycles. The number of benzene rings is 8. The number of hydrogen-bond donors (Lipinski definition) is 4.